The number of hydrogen-bond donors (Lipinski definition) is 1. The van der Waals surface area contributed by atoms with Crippen molar-refractivity contribution in [2.45, 2.75) is 64.8 Å². The van der Waals surface area contributed by atoms with Gasteiger partial charge in [0, 0.05) is 25.0 Å². The van der Waals surface area contributed by atoms with Crippen LogP contribution < -0.4 is 10.2 Å². The second kappa shape index (κ2) is 7.55. The molecular weight excluding hydrogens is 342 g/mol. The van der Waals surface area contributed by atoms with Gasteiger partial charge in [-0.25, -0.2) is 4.98 Å². The second-order valence-corrected chi connectivity index (χ2v) is 9.04. The first-order valence-electron chi connectivity index (χ1n) is 10.0. The zero-order chi connectivity index (χ0) is 18.1. The van der Waals surface area contributed by atoms with Crippen LogP contribution in [0.1, 0.15) is 56.1 Å². The predicted molar refractivity (Wildman–Crippen MR) is 109 cm³/mol. The summed E-state index contributed by atoms with van der Waals surface area (Å²) in [5.41, 5.74) is 3.68. The van der Waals surface area contributed by atoms with Crippen LogP contribution in [-0.2, 0) is 4.79 Å². The number of carbonyl (C=O) groups is 1. The van der Waals surface area contributed by atoms with Gasteiger partial charge in [-0.05, 0) is 56.7 Å². The molecule has 1 amide bonds. The fourth-order valence-corrected chi connectivity index (χ4v) is 5.59. The molecule has 1 saturated carbocycles. The predicted octanol–water partition coefficient (Wildman–Crippen LogP) is 4.58. The highest BCUT2D eigenvalue weighted by Gasteiger charge is 2.28. The molecule has 1 N–H and O–H groups in total. The van der Waals surface area contributed by atoms with Crippen LogP contribution in [0.4, 0.5) is 5.13 Å². The summed E-state index contributed by atoms with van der Waals surface area (Å²) in [7, 11) is 0. The van der Waals surface area contributed by atoms with Crippen LogP contribution in [0, 0.1) is 19.8 Å². The molecule has 2 heterocycles. The van der Waals surface area contributed by atoms with E-state index in [-0.39, 0.29) is 11.8 Å². The Bertz CT molecular complexity index is 786. The highest BCUT2D eigenvalue weighted by atomic mass is 32.1. The average molecular weight is 372 g/mol. The summed E-state index contributed by atoms with van der Waals surface area (Å²) in [5, 5.41) is 4.42. The Hall–Kier alpha value is -1.62. The van der Waals surface area contributed by atoms with Crippen molar-refractivity contribution < 1.29 is 4.79 Å². The molecule has 1 aromatic heterocycles. The van der Waals surface area contributed by atoms with E-state index in [1.165, 1.54) is 35.1 Å². The Kier molecular flexibility index (Phi) is 5.16. The van der Waals surface area contributed by atoms with Crippen molar-refractivity contribution in [1.29, 1.82) is 0 Å². The van der Waals surface area contributed by atoms with Gasteiger partial charge in [-0.2, -0.15) is 0 Å². The standard InChI is InChI=1S/C21H29N3OS/c1-14-12-15(2)19-18(13-14)26-21(23-19)24-10-8-16(9-11-24)20(25)22-17-6-4-3-5-7-17/h12-13,16-17H,3-11H2,1-2H3,(H,22,25). The molecule has 2 aromatic rings. The summed E-state index contributed by atoms with van der Waals surface area (Å²) >= 11 is 1.78. The maximum absolute atomic E-state index is 12.6. The monoisotopic (exact) mass is 371 g/mol. The van der Waals surface area contributed by atoms with E-state index in [0.29, 0.717) is 6.04 Å². The number of aryl methyl sites for hydroxylation is 2. The number of anilines is 1. The number of thiazole rings is 1. The van der Waals surface area contributed by atoms with E-state index in [1.807, 2.05) is 0 Å². The van der Waals surface area contributed by atoms with E-state index in [0.717, 1.165) is 49.4 Å². The van der Waals surface area contributed by atoms with Crippen molar-refractivity contribution in [3.05, 3.63) is 23.3 Å². The van der Waals surface area contributed by atoms with Gasteiger partial charge in [0.2, 0.25) is 5.91 Å². The molecule has 2 aliphatic rings. The normalized spacial score (nSPS) is 19.8. The molecule has 0 unspecified atom stereocenters. The second-order valence-electron chi connectivity index (χ2n) is 8.03. The minimum atomic E-state index is 0.173. The maximum Gasteiger partial charge on any atom is 0.223 e. The number of piperidine rings is 1. The molecule has 0 bridgehead atoms. The number of nitrogens with one attached hydrogen (secondary N) is 1. The summed E-state index contributed by atoms with van der Waals surface area (Å²) in [6.45, 7) is 6.14. The van der Waals surface area contributed by atoms with Crippen LogP contribution in [0.5, 0.6) is 0 Å². The van der Waals surface area contributed by atoms with Crippen LogP contribution in [0.25, 0.3) is 10.2 Å². The third-order valence-corrected chi connectivity index (χ3v) is 6.97. The van der Waals surface area contributed by atoms with Crippen molar-refractivity contribution in [1.82, 2.24) is 10.3 Å². The Morgan fingerprint density at radius 2 is 1.85 bits per heavy atom. The summed E-state index contributed by atoms with van der Waals surface area (Å²) in [5.74, 6) is 0.457. The van der Waals surface area contributed by atoms with Crippen LogP contribution in [0.2, 0.25) is 0 Å². The minimum absolute atomic E-state index is 0.173. The molecular formula is C21H29N3OS. The van der Waals surface area contributed by atoms with E-state index in [4.69, 9.17) is 4.98 Å². The maximum atomic E-state index is 12.6. The molecule has 0 atom stereocenters. The lowest BCUT2D eigenvalue weighted by Gasteiger charge is -2.32. The van der Waals surface area contributed by atoms with E-state index in [2.05, 4.69) is 36.2 Å². The minimum Gasteiger partial charge on any atom is -0.353 e. The lowest BCUT2D eigenvalue weighted by Crippen LogP contribution is -2.44. The third kappa shape index (κ3) is 3.73. The van der Waals surface area contributed by atoms with Crippen LogP contribution in [-0.4, -0.2) is 30.0 Å². The average Bonchev–Trinajstić information content (AvgIpc) is 3.07. The van der Waals surface area contributed by atoms with E-state index >= 15 is 0 Å². The van der Waals surface area contributed by atoms with Crippen molar-refractivity contribution in [3.8, 4) is 0 Å². The smallest absolute Gasteiger partial charge is 0.223 e. The van der Waals surface area contributed by atoms with Gasteiger partial charge in [0.25, 0.3) is 0 Å². The highest BCUT2D eigenvalue weighted by Crippen LogP contribution is 2.33. The molecule has 4 rings (SSSR count). The van der Waals surface area contributed by atoms with Gasteiger partial charge < -0.3 is 10.2 Å². The Labute approximate surface area is 160 Å². The first kappa shape index (κ1) is 17.8. The first-order chi connectivity index (χ1) is 12.6. The zero-order valence-corrected chi connectivity index (χ0v) is 16.7. The number of carbonyl (C=O) groups excluding carboxylic acids is 1. The molecule has 1 aromatic carbocycles. The Balaban J connectivity index is 1.37. The fourth-order valence-electron chi connectivity index (χ4n) is 4.39. The van der Waals surface area contributed by atoms with Gasteiger partial charge in [0.1, 0.15) is 0 Å². The largest absolute Gasteiger partial charge is 0.353 e. The van der Waals surface area contributed by atoms with Gasteiger partial charge in [0.05, 0.1) is 10.2 Å². The molecule has 1 aliphatic carbocycles. The Morgan fingerprint density at radius 3 is 2.58 bits per heavy atom. The van der Waals surface area contributed by atoms with Gasteiger partial charge in [-0.3, -0.25) is 4.79 Å². The number of amides is 1. The molecule has 26 heavy (non-hydrogen) atoms. The molecule has 1 aliphatic heterocycles. The summed E-state index contributed by atoms with van der Waals surface area (Å²) in [6.07, 6.45) is 8.05. The fraction of sp³-hybridized carbons (Fsp3) is 0.619. The van der Waals surface area contributed by atoms with Crippen molar-refractivity contribution in [2.24, 2.45) is 5.92 Å². The third-order valence-electron chi connectivity index (χ3n) is 5.91. The van der Waals surface area contributed by atoms with Gasteiger partial charge in [0.15, 0.2) is 5.13 Å². The molecule has 140 valence electrons. The van der Waals surface area contributed by atoms with E-state index in [9.17, 15) is 4.79 Å². The quantitative estimate of drug-likeness (QED) is 0.859. The van der Waals surface area contributed by atoms with Crippen LogP contribution >= 0.6 is 11.3 Å². The highest BCUT2D eigenvalue weighted by molar-refractivity contribution is 7.22. The molecule has 5 heteroatoms. The molecule has 1 saturated heterocycles. The Morgan fingerprint density at radius 1 is 1.12 bits per heavy atom. The van der Waals surface area contributed by atoms with Crippen LogP contribution in [0.3, 0.4) is 0 Å². The van der Waals surface area contributed by atoms with Crippen LogP contribution in [0.15, 0.2) is 12.1 Å². The summed E-state index contributed by atoms with van der Waals surface area (Å²) in [6, 6.07) is 4.85. The SMILES string of the molecule is Cc1cc(C)c2nc(N3CCC(C(=O)NC4CCCCC4)CC3)sc2c1. The first-order valence-corrected chi connectivity index (χ1v) is 10.8. The number of hydrogen-bond acceptors (Lipinski definition) is 4. The lowest BCUT2D eigenvalue weighted by molar-refractivity contribution is -0.126. The van der Waals surface area contributed by atoms with E-state index in [1.54, 1.807) is 11.3 Å². The summed E-state index contributed by atoms with van der Waals surface area (Å²) < 4.78 is 1.27. The molecule has 0 radical (unpaired) electrons. The number of aromatic nitrogens is 1. The lowest BCUT2D eigenvalue weighted by atomic mass is 9.92. The number of rotatable bonds is 3. The summed E-state index contributed by atoms with van der Waals surface area (Å²) in [4.78, 5) is 19.8. The molecule has 4 nitrogen and oxygen atoms in total. The van der Waals surface area contributed by atoms with Crippen molar-refractivity contribution >= 4 is 32.6 Å². The number of fused-ring (bicyclic) bond motifs is 1. The number of benzene rings is 1. The zero-order valence-electron chi connectivity index (χ0n) is 15.9. The van der Waals surface area contributed by atoms with Gasteiger partial charge in [-0.1, -0.05) is 36.7 Å². The molecule has 2 fully saturated rings. The van der Waals surface area contributed by atoms with E-state index < -0.39 is 0 Å². The molecule has 0 spiro atoms. The topological polar surface area (TPSA) is 45.2 Å². The van der Waals surface area contributed by atoms with Crippen molar-refractivity contribution in [2.75, 3.05) is 18.0 Å². The van der Waals surface area contributed by atoms with Crippen molar-refractivity contribution in [3.63, 3.8) is 0 Å². The number of nitrogens with zero attached hydrogens (tertiary/aromatic N) is 2. The van der Waals surface area contributed by atoms with Gasteiger partial charge >= 0.3 is 0 Å². The van der Waals surface area contributed by atoms with Gasteiger partial charge in [-0.15, -0.1) is 0 Å².